The number of piperidine rings is 1. The van der Waals surface area contributed by atoms with Crippen LogP contribution in [0.25, 0.3) is 0 Å². The number of amides is 3. The lowest BCUT2D eigenvalue weighted by molar-refractivity contribution is -0.160. The Bertz CT molecular complexity index is 1630. The molecule has 47 heavy (non-hydrogen) atoms. The van der Waals surface area contributed by atoms with Crippen molar-refractivity contribution < 1.29 is 27.6 Å². The van der Waals surface area contributed by atoms with Crippen molar-refractivity contribution in [3.8, 4) is 0 Å². The fourth-order valence-corrected chi connectivity index (χ4v) is 7.09. The van der Waals surface area contributed by atoms with Crippen molar-refractivity contribution in [1.29, 1.82) is 0 Å². The quantitative estimate of drug-likeness (QED) is 0.269. The molecule has 5 rings (SSSR count). The summed E-state index contributed by atoms with van der Waals surface area (Å²) in [7, 11) is 2.99. The summed E-state index contributed by atoms with van der Waals surface area (Å²) in [6.45, 7) is 1.85. The Kier molecular flexibility index (Phi) is 10.5. The van der Waals surface area contributed by atoms with Gasteiger partial charge in [-0.1, -0.05) is 65.7 Å². The van der Waals surface area contributed by atoms with Crippen molar-refractivity contribution in [2.45, 2.75) is 56.4 Å². The summed E-state index contributed by atoms with van der Waals surface area (Å²) in [5.74, 6) is -1.31. The average molecular weight is 690 g/mol. The maximum Gasteiger partial charge on any atom is 0.397 e. The van der Waals surface area contributed by atoms with Gasteiger partial charge in [-0.15, -0.1) is 0 Å². The molecule has 3 amide bonds. The van der Waals surface area contributed by atoms with Gasteiger partial charge in [-0.2, -0.15) is 13.2 Å². The number of rotatable bonds is 9. The Morgan fingerprint density at radius 1 is 0.979 bits per heavy atom. The number of carbonyl (C=O) groups excluding carboxylic acids is 3. The lowest BCUT2D eigenvalue weighted by Gasteiger charge is -2.46. The molecule has 1 saturated heterocycles. The molecule has 2 aliphatic rings. The van der Waals surface area contributed by atoms with E-state index in [9.17, 15) is 27.6 Å². The van der Waals surface area contributed by atoms with Crippen molar-refractivity contribution in [3.05, 3.63) is 105 Å². The van der Waals surface area contributed by atoms with Crippen molar-refractivity contribution in [1.82, 2.24) is 20.0 Å². The molecular weight excluding hydrogens is 652 g/mol. The zero-order valence-electron chi connectivity index (χ0n) is 26.2. The first-order chi connectivity index (χ1) is 22.3. The molecular formula is C35H37Cl2F3N4O3. The first kappa shape index (κ1) is 34.7. The van der Waals surface area contributed by atoms with E-state index >= 15 is 0 Å². The number of halogens is 5. The smallest absolute Gasteiger partial charge is 0.346 e. The molecule has 1 fully saturated rings. The zero-order chi connectivity index (χ0) is 33.9. The largest absolute Gasteiger partial charge is 0.397 e. The van der Waals surface area contributed by atoms with Crippen LogP contribution in [0.1, 0.15) is 64.3 Å². The molecule has 0 aliphatic carbocycles. The summed E-state index contributed by atoms with van der Waals surface area (Å²) < 4.78 is 39.1. The van der Waals surface area contributed by atoms with Crippen LogP contribution in [0.2, 0.25) is 10.0 Å². The minimum Gasteiger partial charge on any atom is -0.346 e. The van der Waals surface area contributed by atoms with Crippen molar-refractivity contribution in [2.75, 3.05) is 33.7 Å². The van der Waals surface area contributed by atoms with Crippen molar-refractivity contribution >= 4 is 40.9 Å². The van der Waals surface area contributed by atoms with E-state index < -0.39 is 30.1 Å². The molecule has 0 unspecified atom stereocenters. The predicted octanol–water partition coefficient (Wildman–Crippen LogP) is 6.77. The van der Waals surface area contributed by atoms with Crippen LogP contribution < -0.4 is 5.32 Å². The van der Waals surface area contributed by atoms with Crippen LogP contribution in [0.5, 0.6) is 0 Å². The fourth-order valence-electron chi connectivity index (χ4n) is 6.73. The summed E-state index contributed by atoms with van der Waals surface area (Å²) in [6.07, 6.45) is -3.94. The van der Waals surface area contributed by atoms with E-state index in [0.717, 1.165) is 28.9 Å². The highest BCUT2D eigenvalue weighted by Crippen LogP contribution is 2.39. The molecule has 1 N–H and O–H groups in total. The van der Waals surface area contributed by atoms with Crippen LogP contribution in [0.15, 0.2) is 66.7 Å². The first-order valence-corrected chi connectivity index (χ1v) is 16.2. The predicted molar refractivity (Wildman–Crippen MR) is 175 cm³/mol. The molecule has 2 aliphatic heterocycles. The van der Waals surface area contributed by atoms with Gasteiger partial charge in [-0.25, -0.2) is 0 Å². The third-order valence-corrected chi connectivity index (χ3v) is 9.95. The summed E-state index contributed by atoms with van der Waals surface area (Å²) in [4.78, 5) is 43.7. The Labute approximate surface area is 282 Å². The van der Waals surface area contributed by atoms with Gasteiger partial charge in [0.05, 0.1) is 28.0 Å². The fraction of sp³-hybridized carbons (Fsp3) is 0.400. The average Bonchev–Trinajstić information content (AvgIpc) is 3.03. The molecule has 3 aromatic carbocycles. The molecule has 12 heteroatoms. The Morgan fingerprint density at radius 3 is 2.30 bits per heavy atom. The normalized spacial score (nSPS) is 16.7. The Hall–Kier alpha value is -3.60. The number of alkyl halides is 3. The van der Waals surface area contributed by atoms with E-state index in [0.29, 0.717) is 49.2 Å². The lowest BCUT2D eigenvalue weighted by atomic mass is 9.75. The minimum atomic E-state index is -4.65. The molecule has 2 heterocycles. The summed E-state index contributed by atoms with van der Waals surface area (Å²) in [5, 5.41) is 3.68. The number of carbonyl (C=O) groups is 3. The molecule has 250 valence electrons. The molecule has 0 saturated carbocycles. The minimum absolute atomic E-state index is 0.0177. The molecule has 0 radical (unpaired) electrons. The van der Waals surface area contributed by atoms with Crippen LogP contribution in [0.4, 0.5) is 13.2 Å². The van der Waals surface area contributed by atoms with Gasteiger partial charge in [-0.3, -0.25) is 14.4 Å². The molecule has 7 nitrogen and oxygen atoms in total. The van der Waals surface area contributed by atoms with Gasteiger partial charge in [0.25, 0.3) is 5.91 Å². The number of fused-ring (bicyclic) bond motifs is 2. The van der Waals surface area contributed by atoms with Crippen LogP contribution in [0, 0.1) is 0 Å². The monoisotopic (exact) mass is 688 g/mol. The third kappa shape index (κ3) is 8.11. The van der Waals surface area contributed by atoms with E-state index in [2.05, 4.69) is 16.3 Å². The van der Waals surface area contributed by atoms with Gasteiger partial charge in [0.15, 0.2) is 0 Å². The van der Waals surface area contributed by atoms with E-state index in [-0.39, 0.29) is 28.4 Å². The maximum atomic E-state index is 13.7. The van der Waals surface area contributed by atoms with Crippen LogP contribution in [-0.4, -0.2) is 72.3 Å². The highest BCUT2D eigenvalue weighted by Gasteiger charge is 2.42. The molecule has 0 aromatic heterocycles. The SMILES string of the molecule is CN(Cc1cc(Cl)c(Cl)cc1[C@H](CCN1CCC2(CC1)NC(=O)Cc1ccccc12)N(C)C(=O)c1ccccc1)C(=O)CC(F)(F)F. The van der Waals surface area contributed by atoms with E-state index in [1.165, 1.54) is 7.05 Å². The second kappa shape index (κ2) is 14.3. The Balaban J connectivity index is 1.40. The number of nitrogens with one attached hydrogen (secondary N) is 1. The standard InChI is InChI=1S/C35H37Cl2F3N4O3/c1-42(32(46)21-35(38,39)40)22-25-18-28(36)29(37)20-26(25)30(43(2)33(47)23-8-4-3-5-9-23)12-15-44-16-13-34(14-17-44)27-11-7-6-10-24(27)19-31(45)41-34/h3-11,18,20,30H,12-17,19,21-22H2,1-2H3,(H,41,45)/t30-/m0/s1. The number of likely N-dealkylation sites (tertiary alicyclic amines) is 1. The zero-order valence-corrected chi connectivity index (χ0v) is 27.8. The summed E-state index contributed by atoms with van der Waals surface area (Å²) in [6, 6.07) is 19.5. The van der Waals surface area contributed by atoms with E-state index in [1.54, 1.807) is 48.3 Å². The van der Waals surface area contributed by atoms with Gasteiger partial charge in [0.2, 0.25) is 11.8 Å². The van der Waals surface area contributed by atoms with Gasteiger partial charge < -0.3 is 20.0 Å². The summed E-state index contributed by atoms with van der Waals surface area (Å²) in [5.41, 5.74) is 3.36. The van der Waals surface area contributed by atoms with Crippen molar-refractivity contribution in [3.63, 3.8) is 0 Å². The number of nitrogens with zero attached hydrogens (tertiary/aromatic N) is 3. The van der Waals surface area contributed by atoms with Gasteiger partial charge in [-0.05, 0) is 65.8 Å². The molecule has 1 atom stereocenters. The maximum absolute atomic E-state index is 13.7. The number of benzene rings is 3. The third-order valence-electron chi connectivity index (χ3n) is 9.23. The highest BCUT2D eigenvalue weighted by molar-refractivity contribution is 6.42. The summed E-state index contributed by atoms with van der Waals surface area (Å²) >= 11 is 12.9. The van der Waals surface area contributed by atoms with Gasteiger partial charge in [0, 0.05) is 45.8 Å². The first-order valence-electron chi connectivity index (χ1n) is 15.5. The Morgan fingerprint density at radius 2 is 1.62 bits per heavy atom. The second-order valence-electron chi connectivity index (χ2n) is 12.4. The van der Waals surface area contributed by atoms with E-state index in [1.807, 2.05) is 24.3 Å². The van der Waals surface area contributed by atoms with E-state index in [4.69, 9.17) is 23.2 Å². The molecule has 3 aromatic rings. The van der Waals surface area contributed by atoms with Crippen LogP contribution >= 0.6 is 23.2 Å². The second-order valence-corrected chi connectivity index (χ2v) is 13.2. The van der Waals surface area contributed by atoms with Crippen molar-refractivity contribution in [2.24, 2.45) is 0 Å². The molecule has 0 bridgehead atoms. The van der Waals surface area contributed by atoms with Crippen LogP contribution in [-0.2, 0) is 28.1 Å². The topological polar surface area (TPSA) is 73.0 Å². The number of hydrogen-bond acceptors (Lipinski definition) is 4. The van der Waals surface area contributed by atoms with Gasteiger partial charge in [0.1, 0.15) is 6.42 Å². The van der Waals surface area contributed by atoms with Gasteiger partial charge >= 0.3 is 6.18 Å². The number of hydrogen-bond donors (Lipinski definition) is 1. The lowest BCUT2D eigenvalue weighted by Crippen LogP contribution is -2.56. The highest BCUT2D eigenvalue weighted by atomic mass is 35.5. The van der Waals surface area contributed by atoms with Crippen LogP contribution in [0.3, 0.4) is 0 Å². The molecule has 1 spiro atoms.